The van der Waals surface area contributed by atoms with Crippen molar-refractivity contribution in [2.75, 3.05) is 6.61 Å². The molecule has 1 aromatic carbocycles. The molecule has 5 nitrogen and oxygen atoms in total. The van der Waals surface area contributed by atoms with Crippen LogP contribution >= 0.6 is 0 Å². The molecule has 0 saturated carbocycles. The number of rotatable bonds is 5. The van der Waals surface area contributed by atoms with Crippen molar-refractivity contribution in [1.29, 1.82) is 0 Å². The fourth-order valence-corrected chi connectivity index (χ4v) is 1.25. The van der Waals surface area contributed by atoms with E-state index < -0.39 is 0 Å². The molecule has 5 heteroatoms. The summed E-state index contributed by atoms with van der Waals surface area (Å²) in [5.74, 6) is 0.0249. The predicted octanol–water partition coefficient (Wildman–Crippen LogP) is 1.32. The number of carbonyl (C=O) groups excluding carboxylic acids is 2. The molecule has 0 aliphatic heterocycles. The molecule has 0 unspecified atom stereocenters. The average Bonchev–Trinajstić information content (AvgIpc) is 2.36. The fraction of sp³-hybridized carbons (Fsp3) is 0.385. The number of ether oxygens (including phenoxy) is 1. The number of benzene rings is 1. The Morgan fingerprint density at radius 3 is 2.33 bits per heavy atom. The molecule has 1 aromatic rings. The van der Waals surface area contributed by atoms with Crippen molar-refractivity contribution in [3.63, 3.8) is 0 Å². The van der Waals surface area contributed by atoms with Crippen LogP contribution in [0.25, 0.3) is 0 Å². The standard InChI is InChI=1S/C13H18N2O3/c1-3-4-12(16)14-15-13(17)9-18-11-7-5-10(2)6-8-11/h5-8H,3-4,9H2,1-2H3,(H,14,16)(H,15,17). The number of amides is 2. The van der Waals surface area contributed by atoms with Crippen LogP contribution in [0, 0.1) is 6.92 Å². The molecule has 0 bridgehead atoms. The molecule has 0 atom stereocenters. The number of aryl methyl sites for hydroxylation is 1. The Bertz CT molecular complexity index is 401. The van der Waals surface area contributed by atoms with E-state index in [4.69, 9.17) is 4.74 Å². The monoisotopic (exact) mass is 250 g/mol. The molecular weight excluding hydrogens is 232 g/mol. The maximum absolute atomic E-state index is 11.3. The summed E-state index contributed by atoms with van der Waals surface area (Å²) in [6.45, 7) is 3.73. The van der Waals surface area contributed by atoms with E-state index in [-0.39, 0.29) is 18.4 Å². The minimum Gasteiger partial charge on any atom is -0.484 e. The molecule has 2 amide bonds. The topological polar surface area (TPSA) is 67.4 Å². The first kappa shape index (κ1) is 14.0. The van der Waals surface area contributed by atoms with Crippen molar-refractivity contribution in [1.82, 2.24) is 10.9 Å². The molecule has 18 heavy (non-hydrogen) atoms. The summed E-state index contributed by atoms with van der Waals surface area (Å²) in [7, 11) is 0. The van der Waals surface area contributed by atoms with Crippen molar-refractivity contribution >= 4 is 11.8 Å². The van der Waals surface area contributed by atoms with E-state index in [2.05, 4.69) is 10.9 Å². The third-order valence-corrected chi connectivity index (χ3v) is 2.21. The lowest BCUT2D eigenvalue weighted by atomic mass is 10.2. The van der Waals surface area contributed by atoms with E-state index in [9.17, 15) is 9.59 Å². The number of hydrogen-bond donors (Lipinski definition) is 2. The molecule has 0 fully saturated rings. The van der Waals surface area contributed by atoms with Crippen LogP contribution in [0.15, 0.2) is 24.3 Å². The van der Waals surface area contributed by atoms with E-state index in [0.717, 1.165) is 12.0 Å². The average molecular weight is 250 g/mol. The van der Waals surface area contributed by atoms with Gasteiger partial charge in [0.2, 0.25) is 5.91 Å². The summed E-state index contributed by atoms with van der Waals surface area (Å²) >= 11 is 0. The Hall–Kier alpha value is -2.04. The van der Waals surface area contributed by atoms with Gasteiger partial charge in [-0.05, 0) is 25.5 Å². The van der Waals surface area contributed by atoms with Gasteiger partial charge in [-0.3, -0.25) is 20.4 Å². The van der Waals surface area contributed by atoms with Gasteiger partial charge in [0.05, 0.1) is 0 Å². The highest BCUT2D eigenvalue weighted by Crippen LogP contribution is 2.10. The molecule has 98 valence electrons. The summed E-state index contributed by atoms with van der Waals surface area (Å²) in [4.78, 5) is 22.4. The summed E-state index contributed by atoms with van der Waals surface area (Å²) in [5, 5.41) is 0. The number of carbonyl (C=O) groups is 2. The Balaban J connectivity index is 2.24. The van der Waals surface area contributed by atoms with Crippen molar-refractivity contribution in [2.24, 2.45) is 0 Å². The van der Waals surface area contributed by atoms with Crippen LogP contribution in [0.4, 0.5) is 0 Å². The van der Waals surface area contributed by atoms with Gasteiger partial charge in [-0.2, -0.15) is 0 Å². The van der Waals surface area contributed by atoms with Crippen molar-refractivity contribution in [2.45, 2.75) is 26.7 Å². The van der Waals surface area contributed by atoms with Gasteiger partial charge in [0, 0.05) is 6.42 Å². The van der Waals surface area contributed by atoms with Crippen molar-refractivity contribution < 1.29 is 14.3 Å². The van der Waals surface area contributed by atoms with Gasteiger partial charge in [-0.15, -0.1) is 0 Å². The van der Waals surface area contributed by atoms with Crippen LogP contribution in [-0.2, 0) is 9.59 Å². The third kappa shape index (κ3) is 5.34. The highest BCUT2D eigenvalue weighted by atomic mass is 16.5. The lowest BCUT2D eigenvalue weighted by molar-refractivity contribution is -0.130. The lowest BCUT2D eigenvalue weighted by Crippen LogP contribution is -2.43. The fourth-order valence-electron chi connectivity index (χ4n) is 1.25. The van der Waals surface area contributed by atoms with Gasteiger partial charge in [0.1, 0.15) is 5.75 Å². The van der Waals surface area contributed by atoms with E-state index in [1.807, 2.05) is 26.0 Å². The third-order valence-electron chi connectivity index (χ3n) is 2.21. The number of nitrogens with one attached hydrogen (secondary N) is 2. The molecule has 0 aromatic heterocycles. The first-order valence-electron chi connectivity index (χ1n) is 5.89. The smallest absolute Gasteiger partial charge is 0.276 e. The Morgan fingerprint density at radius 2 is 1.72 bits per heavy atom. The van der Waals surface area contributed by atoms with Crippen LogP contribution in [-0.4, -0.2) is 18.4 Å². The molecule has 0 heterocycles. The summed E-state index contributed by atoms with van der Waals surface area (Å²) in [6.07, 6.45) is 1.13. The molecule has 0 spiro atoms. The van der Waals surface area contributed by atoms with Gasteiger partial charge in [-0.25, -0.2) is 0 Å². The highest BCUT2D eigenvalue weighted by molar-refractivity contribution is 5.82. The molecule has 1 rings (SSSR count). The lowest BCUT2D eigenvalue weighted by Gasteiger charge is -2.08. The Morgan fingerprint density at radius 1 is 1.11 bits per heavy atom. The van der Waals surface area contributed by atoms with Crippen LogP contribution < -0.4 is 15.6 Å². The first-order chi connectivity index (χ1) is 8.61. The van der Waals surface area contributed by atoms with E-state index in [1.54, 1.807) is 12.1 Å². The predicted molar refractivity (Wildman–Crippen MR) is 67.9 cm³/mol. The van der Waals surface area contributed by atoms with E-state index in [1.165, 1.54) is 0 Å². The highest BCUT2D eigenvalue weighted by Gasteiger charge is 2.04. The maximum Gasteiger partial charge on any atom is 0.276 e. The zero-order valence-electron chi connectivity index (χ0n) is 10.7. The SMILES string of the molecule is CCCC(=O)NNC(=O)COc1ccc(C)cc1. The van der Waals surface area contributed by atoms with Gasteiger partial charge in [0.15, 0.2) is 6.61 Å². The van der Waals surface area contributed by atoms with Gasteiger partial charge < -0.3 is 4.74 Å². The largest absolute Gasteiger partial charge is 0.484 e. The molecule has 0 radical (unpaired) electrons. The molecule has 0 saturated heterocycles. The van der Waals surface area contributed by atoms with Crippen LogP contribution in [0.1, 0.15) is 25.3 Å². The van der Waals surface area contributed by atoms with E-state index >= 15 is 0 Å². The molecule has 0 aliphatic carbocycles. The number of hydrazine groups is 1. The van der Waals surface area contributed by atoms with Crippen molar-refractivity contribution in [3.8, 4) is 5.75 Å². The second-order valence-electron chi connectivity index (χ2n) is 3.95. The summed E-state index contributed by atoms with van der Waals surface area (Å²) in [5.41, 5.74) is 5.72. The first-order valence-corrected chi connectivity index (χ1v) is 5.89. The zero-order chi connectivity index (χ0) is 13.4. The van der Waals surface area contributed by atoms with Crippen LogP contribution in [0.5, 0.6) is 5.75 Å². The quantitative estimate of drug-likeness (QED) is 0.774. The minimum atomic E-state index is -0.389. The summed E-state index contributed by atoms with van der Waals surface area (Å²) in [6, 6.07) is 7.38. The van der Waals surface area contributed by atoms with Crippen molar-refractivity contribution in [3.05, 3.63) is 29.8 Å². The van der Waals surface area contributed by atoms with Gasteiger partial charge in [0.25, 0.3) is 5.91 Å². The zero-order valence-corrected chi connectivity index (χ0v) is 10.7. The van der Waals surface area contributed by atoms with Gasteiger partial charge in [-0.1, -0.05) is 24.6 Å². The molecular formula is C13H18N2O3. The maximum atomic E-state index is 11.3. The van der Waals surface area contributed by atoms with Gasteiger partial charge >= 0.3 is 0 Å². The summed E-state index contributed by atoms with van der Waals surface area (Å²) < 4.78 is 5.25. The second-order valence-corrected chi connectivity index (χ2v) is 3.95. The second kappa shape index (κ2) is 7.32. The Labute approximate surface area is 106 Å². The number of hydrogen-bond acceptors (Lipinski definition) is 3. The van der Waals surface area contributed by atoms with Crippen LogP contribution in [0.2, 0.25) is 0 Å². The molecule has 0 aliphatic rings. The minimum absolute atomic E-state index is 0.129. The normalized spacial score (nSPS) is 9.67. The van der Waals surface area contributed by atoms with Crippen LogP contribution in [0.3, 0.4) is 0 Å². The van der Waals surface area contributed by atoms with E-state index in [0.29, 0.717) is 12.2 Å². The molecule has 2 N–H and O–H groups in total. The Kier molecular flexibility index (Phi) is 5.70.